The van der Waals surface area contributed by atoms with Crippen molar-refractivity contribution in [1.82, 2.24) is 0 Å². The molecule has 128 valence electrons. The first kappa shape index (κ1) is 18.4. The van der Waals surface area contributed by atoms with Gasteiger partial charge < -0.3 is 9.22 Å². The second-order valence-electron chi connectivity index (χ2n) is 8.60. The average molecular weight is 333 g/mol. The molecule has 0 spiro atoms. The van der Waals surface area contributed by atoms with Crippen molar-refractivity contribution >= 4 is 14.6 Å². The Bertz CT molecular complexity index is 508. The van der Waals surface area contributed by atoms with E-state index < -0.39 is 8.32 Å². The summed E-state index contributed by atoms with van der Waals surface area (Å²) in [6.07, 6.45) is 5.84. The monoisotopic (exact) mass is 332 g/mol. The standard InChI is InChI=1S/C20H32O2Si/c1-19(2,3)23(4,5)22-20(15-16-21)13-11-18(12-14-20)17-9-7-6-8-10-17/h6-10,16,18H,11-15H2,1-5H3/t18-,20+. The first-order valence-corrected chi connectivity index (χ1v) is 11.8. The summed E-state index contributed by atoms with van der Waals surface area (Å²) in [5, 5.41) is 0.180. The highest BCUT2D eigenvalue weighted by atomic mass is 28.4. The Labute approximate surface area is 142 Å². The molecule has 1 aliphatic carbocycles. The number of rotatable bonds is 5. The minimum Gasteiger partial charge on any atom is -0.411 e. The molecule has 2 rings (SSSR count). The minimum absolute atomic E-state index is 0.180. The van der Waals surface area contributed by atoms with Crippen molar-refractivity contribution in [3.05, 3.63) is 35.9 Å². The summed E-state index contributed by atoms with van der Waals surface area (Å²) in [5.41, 5.74) is 1.20. The van der Waals surface area contributed by atoms with Crippen LogP contribution < -0.4 is 0 Å². The molecule has 2 nitrogen and oxygen atoms in total. The van der Waals surface area contributed by atoms with Gasteiger partial charge >= 0.3 is 0 Å². The molecule has 1 aliphatic rings. The highest BCUT2D eigenvalue weighted by molar-refractivity contribution is 6.74. The number of hydrogen-bond donors (Lipinski definition) is 0. The second-order valence-corrected chi connectivity index (χ2v) is 13.3. The molecule has 0 unspecified atom stereocenters. The summed E-state index contributed by atoms with van der Waals surface area (Å²) < 4.78 is 6.76. The highest BCUT2D eigenvalue weighted by Crippen LogP contribution is 2.46. The van der Waals surface area contributed by atoms with Crippen LogP contribution in [0, 0.1) is 0 Å². The maximum atomic E-state index is 11.3. The molecule has 1 aromatic rings. The van der Waals surface area contributed by atoms with Gasteiger partial charge in [-0.3, -0.25) is 0 Å². The Balaban J connectivity index is 2.11. The van der Waals surface area contributed by atoms with E-state index in [1.807, 2.05) is 0 Å². The average Bonchev–Trinajstić information content (AvgIpc) is 2.47. The normalized spacial score (nSPS) is 26.0. The molecule has 0 N–H and O–H groups in total. The van der Waals surface area contributed by atoms with Crippen molar-refractivity contribution in [2.45, 2.75) is 82.5 Å². The van der Waals surface area contributed by atoms with E-state index in [4.69, 9.17) is 4.43 Å². The number of carbonyl (C=O) groups is 1. The van der Waals surface area contributed by atoms with Gasteiger partial charge in [-0.25, -0.2) is 0 Å². The van der Waals surface area contributed by atoms with E-state index in [-0.39, 0.29) is 10.6 Å². The molecule has 1 fully saturated rings. The van der Waals surface area contributed by atoms with Gasteiger partial charge in [0.2, 0.25) is 0 Å². The predicted molar refractivity (Wildman–Crippen MR) is 99.3 cm³/mol. The summed E-state index contributed by atoms with van der Waals surface area (Å²) in [6, 6.07) is 10.8. The Morgan fingerprint density at radius 3 is 2.22 bits per heavy atom. The summed E-state index contributed by atoms with van der Waals surface area (Å²) >= 11 is 0. The quantitative estimate of drug-likeness (QED) is 0.511. The van der Waals surface area contributed by atoms with E-state index in [2.05, 4.69) is 64.2 Å². The SMILES string of the molecule is CC(C)(C)[Si](C)(C)O[C@]1(CC=O)CC[C@H](c2ccccc2)CC1. The van der Waals surface area contributed by atoms with Crippen LogP contribution in [0.1, 0.15) is 64.4 Å². The number of carbonyl (C=O) groups excluding carboxylic acids is 1. The van der Waals surface area contributed by atoms with Gasteiger partial charge in [0, 0.05) is 6.42 Å². The summed E-state index contributed by atoms with van der Waals surface area (Å²) in [6.45, 7) is 11.4. The van der Waals surface area contributed by atoms with Gasteiger partial charge in [-0.2, -0.15) is 0 Å². The Kier molecular flexibility index (Phi) is 5.52. The lowest BCUT2D eigenvalue weighted by atomic mass is 9.75. The zero-order chi connectivity index (χ0) is 17.1. The van der Waals surface area contributed by atoms with Crippen molar-refractivity contribution in [3.8, 4) is 0 Å². The van der Waals surface area contributed by atoms with Gasteiger partial charge in [-0.1, -0.05) is 51.1 Å². The van der Waals surface area contributed by atoms with Crippen LogP contribution in [-0.4, -0.2) is 20.2 Å². The van der Waals surface area contributed by atoms with Gasteiger partial charge in [0.25, 0.3) is 0 Å². The third-order valence-electron chi connectivity index (χ3n) is 5.90. The van der Waals surface area contributed by atoms with Crippen LogP contribution in [0.3, 0.4) is 0 Å². The molecule has 0 aliphatic heterocycles. The summed E-state index contributed by atoms with van der Waals surface area (Å²) in [7, 11) is -1.86. The molecule has 0 radical (unpaired) electrons. The first-order chi connectivity index (χ1) is 10.7. The molecular formula is C20H32O2Si. The van der Waals surface area contributed by atoms with Gasteiger partial charge in [-0.15, -0.1) is 0 Å². The van der Waals surface area contributed by atoms with Crippen molar-refractivity contribution < 1.29 is 9.22 Å². The molecule has 0 saturated heterocycles. The molecule has 3 heteroatoms. The van der Waals surface area contributed by atoms with Gasteiger partial charge in [0.05, 0.1) is 5.60 Å². The zero-order valence-electron chi connectivity index (χ0n) is 15.4. The Hall–Kier alpha value is -0.933. The van der Waals surface area contributed by atoms with Gasteiger partial charge in [-0.05, 0) is 55.3 Å². The first-order valence-electron chi connectivity index (χ1n) is 8.88. The smallest absolute Gasteiger partial charge is 0.192 e. The molecule has 23 heavy (non-hydrogen) atoms. The number of hydrogen-bond acceptors (Lipinski definition) is 2. The molecule has 0 atom stereocenters. The lowest BCUT2D eigenvalue weighted by molar-refractivity contribution is -0.113. The van der Waals surface area contributed by atoms with E-state index in [9.17, 15) is 4.79 Å². The lowest BCUT2D eigenvalue weighted by Gasteiger charge is -2.48. The van der Waals surface area contributed by atoms with E-state index >= 15 is 0 Å². The van der Waals surface area contributed by atoms with Crippen LogP contribution in [0.15, 0.2) is 30.3 Å². The molecule has 1 saturated carbocycles. The van der Waals surface area contributed by atoms with Crippen molar-refractivity contribution in [1.29, 1.82) is 0 Å². The van der Waals surface area contributed by atoms with Crippen LogP contribution in [-0.2, 0) is 9.22 Å². The Morgan fingerprint density at radius 2 is 1.74 bits per heavy atom. The molecule has 0 heterocycles. The maximum absolute atomic E-state index is 11.3. The van der Waals surface area contributed by atoms with E-state index in [1.54, 1.807) is 0 Å². The zero-order valence-corrected chi connectivity index (χ0v) is 16.4. The van der Waals surface area contributed by atoms with Crippen LogP contribution in [0.4, 0.5) is 0 Å². The topological polar surface area (TPSA) is 26.3 Å². The molecular weight excluding hydrogens is 300 g/mol. The van der Waals surface area contributed by atoms with E-state index in [0.29, 0.717) is 12.3 Å². The van der Waals surface area contributed by atoms with E-state index in [0.717, 1.165) is 32.0 Å². The predicted octanol–water partition coefficient (Wildman–Crippen LogP) is 5.69. The molecule has 0 amide bonds. The van der Waals surface area contributed by atoms with Crippen molar-refractivity contribution in [2.24, 2.45) is 0 Å². The van der Waals surface area contributed by atoms with Crippen molar-refractivity contribution in [2.75, 3.05) is 0 Å². The highest BCUT2D eigenvalue weighted by Gasteiger charge is 2.46. The lowest BCUT2D eigenvalue weighted by Crippen LogP contribution is -2.51. The fraction of sp³-hybridized carbons (Fsp3) is 0.650. The van der Waals surface area contributed by atoms with Crippen LogP contribution in [0.2, 0.25) is 18.1 Å². The van der Waals surface area contributed by atoms with E-state index in [1.165, 1.54) is 5.56 Å². The maximum Gasteiger partial charge on any atom is 0.192 e. The summed E-state index contributed by atoms with van der Waals surface area (Å²) in [5.74, 6) is 0.610. The number of aldehydes is 1. The Morgan fingerprint density at radius 1 is 1.17 bits per heavy atom. The third kappa shape index (κ3) is 4.33. The number of benzene rings is 1. The van der Waals surface area contributed by atoms with Crippen LogP contribution in [0.25, 0.3) is 0 Å². The fourth-order valence-corrected chi connectivity index (χ4v) is 5.07. The van der Waals surface area contributed by atoms with Gasteiger partial charge in [0.15, 0.2) is 8.32 Å². The molecule has 1 aromatic carbocycles. The minimum atomic E-state index is -1.86. The largest absolute Gasteiger partial charge is 0.411 e. The molecule has 0 aromatic heterocycles. The fourth-order valence-electron chi connectivity index (χ4n) is 3.40. The third-order valence-corrected chi connectivity index (χ3v) is 10.5. The van der Waals surface area contributed by atoms with Crippen LogP contribution in [0.5, 0.6) is 0 Å². The van der Waals surface area contributed by atoms with Crippen LogP contribution >= 0.6 is 0 Å². The summed E-state index contributed by atoms with van der Waals surface area (Å²) in [4.78, 5) is 11.3. The van der Waals surface area contributed by atoms with Crippen molar-refractivity contribution in [3.63, 3.8) is 0 Å². The molecule has 0 bridgehead atoms. The second kappa shape index (κ2) is 6.90. The van der Waals surface area contributed by atoms with Gasteiger partial charge in [0.1, 0.15) is 6.29 Å².